The number of ether oxygens (including phenoxy) is 1. The molecule has 0 radical (unpaired) electrons. The second-order valence-electron chi connectivity index (χ2n) is 5.05. The van der Waals surface area contributed by atoms with Gasteiger partial charge < -0.3 is 15.4 Å². The zero-order valence-corrected chi connectivity index (χ0v) is 16.3. The Hall–Kier alpha value is -1.23. The molecular weight excluding hydrogens is 436 g/mol. The van der Waals surface area contributed by atoms with Crippen LogP contribution in [-0.2, 0) is 6.54 Å². The zero-order valence-electron chi connectivity index (χ0n) is 14.0. The average molecular weight is 460 g/mol. The minimum Gasteiger partial charge on any atom is -0.497 e. The van der Waals surface area contributed by atoms with Crippen LogP contribution in [-0.4, -0.2) is 57.9 Å². The maximum Gasteiger partial charge on any atom is 0.401 e. The number of methoxy groups -OCH3 is 1. The second kappa shape index (κ2) is 11.3. The fourth-order valence-corrected chi connectivity index (χ4v) is 1.90. The van der Waals surface area contributed by atoms with E-state index in [1.165, 1.54) is 11.9 Å². The lowest BCUT2D eigenvalue weighted by Crippen LogP contribution is -2.42. The Kier molecular flexibility index (Phi) is 10.8. The van der Waals surface area contributed by atoms with Crippen LogP contribution in [0, 0.1) is 0 Å². The summed E-state index contributed by atoms with van der Waals surface area (Å²) in [6.07, 6.45) is -4.18. The van der Waals surface area contributed by atoms with Crippen LogP contribution in [0.15, 0.2) is 29.3 Å². The highest BCUT2D eigenvalue weighted by molar-refractivity contribution is 14.0. The van der Waals surface area contributed by atoms with E-state index in [4.69, 9.17) is 4.74 Å². The summed E-state index contributed by atoms with van der Waals surface area (Å²) >= 11 is 0. The molecular formula is C15H24F3IN4O. The predicted molar refractivity (Wildman–Crippen MR) is 100 cm³/mol. The molecule has 24 heavy (non-hydrogen) atoms. The van der Waals surface area contributed by atoms with Crippen molar-refractivity contribution < 1.29 is 17.9 Å². The fourth-order valence-electron chi connectivity index (χ4n) is 1.90. The number of nitrogens with one attached hydrogen (secondary N) is 2. The molecule has 0 heterocycles. The van der Waals surface area contributed by atoms with Crippen LogP contribution in [0.1, 0.15) is 5.56 Å². The van der Waals surface area contributed by atoms with E-state index in [-0.39, 0.29) is 30.5 Å². The highest BCUT2D eigenvalue weighted by Gasteiger charge is 2.28. The molecule has 5 nitrogen and oxygen atoms in total. The van der Waals surface area contributed by atoms with Gasteiger partial charge in [0.1, 0.15) is 5.75 Å². The van der Waals surface area contributed by atoms with Crippen LogP contribution in [0.2, 0.25) is 0 Å². The predicted octanol–water partition coefficient (Wildman–Crippen LogP) is 2.47. The highest BCUT2D eigenvalue weighted by atomic mass is 127. The van der Waals surface area contributed by atoms with Crippen molar-refractivity contribution >= 4 is 29.9 Å². The smallest absolute Gasteiger partial charge is 0.401 e. The van der Waals surface area contributed by atoms with Gasteiger partial charge in [0.05, 0.1) is 13.7 Å². The van der Waals surface area contributed by atoms with Gasteiger partial charge in [-0.15, -0.1) is 24.0 Å². The first kappa shape index (κ1) is 22.8. The number of rotatable bonds is 7. The minimum atomic E-state index is -4.18. The van der Waals surface area contributed by atoms with Crippen LogP contribution in [0.4, 0.5) is 13.2 Å². The number of hydrogen-bond acceptors (Lipinski definition) is 3. The summed E-state index contributed by atoms with van der Waals surface area (Å²) in [6.45, 7) is 0.270. The van der Waals surface area contributed by atoms with Crippen molar-refractivity contribution in [1.29, 1.82) is 0 Å². The normalized spacial score (nSPS) is 11.9. The third-order valence-electron chi connectivity index (χ3n) is 3.08. The van der Waals surface area contributed by atoms with Crippen LogP contribution in [0.5, 0.6) is 5.75 Å². The third kappa shape index (κ3) is 9.81. The van der Waals surface area contributed by atoms with E-state index < -0.39 is 12.7 Å². The number of guanidine groups is 1. The highest BCUT2D eigenvalue weighted by Crippen LogP contribution is 2.15. The van der Waals surface area contributed by atoms with E-state index in [0.717, 1.165) is 11.3 Å². The molecule has 0 fully saturated rings. The van der Waals surface area contributed by atoms with Gasteiger partial charge in [-0.25, -0.2) is 0 Å². The third-order valence-corrected chi connectivity index (χ3v) is 3.08. The van der Waals surface area contributed by atoms with Gasteiger partial charge in [-0.1, -0.05) is 12.1 Å². The van der Waals surface area contributed by atoms with E-state index in [9.17, 15) is 13.2 Å². The standard InChI is InChI=1S/C15H23F3N4O.HI/c1-19-14(20-8-9-22(2)11-15(16,17)18)21-10-12-4-6-13(23-3)7-5-12;/h4-7H,8-11H2,1-3H3,(H2,19,20,21);1H. The molecule has 1 aromatic carbocycles. The summed E-state index contributed by atoms with van der Waals surface area (Å²) in [5, 5.41) is 6.09. The van der Waals surface area contributed by atoms with E-state index in [2.05, 4.69) is 15.6 Å². The fraction of sp³-hybridized carbons (Fsp3) is 0.533. The molecule has 9 heteroatoms. The topological polar surface area (TPSA) is 48.9 Å². The maximum atomic E-state index is 12.2. The molecule has 0 spiro atoms. The Morgan fingerprint density at radius 3 is 2.33 bits per heavy atom. The largest absolute Gasteiger partial charge is 0.497 e. The molecule has 2 N–H and O–H groups in total. The van der Waals surface area contributed by atoms with Gasteiger partial charge in [-0.2, -0.15) is 13.2 Å². The molecule has 0 aliphatic heterocycles. The number of likely N-dealkylation sites (N-methyl/N-ethyl adjacent to an activating group) is 1. The van der Waals surface area contributed by atoms with Gasteiger partial charge in [0.25, 0.3) is 0 Å². The number of alkyl halides is 3. The van der Waals surface area contributed by atoms with Gasteiger partial charge in [0, 0.05) is 26.7 Å². The van der Waals surface area contributed by atoms with Gasteiger partial charge >= 0.3 is 6.18 Å². The minimum absolute atomic E-state index is 0. The number of hydrogen-bond donors (Lipinski definition) is 2. The van der Waals surface area contributed by atoms with Gasteiger partial charge in [-0.05, 0) is 24.7 Å². The molecule has 0 bridgehead atoms. The quantitative estimate of drug-likeness (QED) is 0.373. The Balaban J connectivity index is 0.00000529. The molecule has 0 unspecified atom stereocenters. The lowest BCUT2D eigenvalue weighted by atomic mass is 10.2. The van der Waals surface area contributed by atoms with Crippen molar-refractivity contribution in [2.45, 2.75) is 12.7 Å². The summed E-state index contributed by atoms with van der Waals surface area (Å²) in [5.41, 5.74) is 1.04. The molecule has 0 aliphatic rings. The van der Waals surface area contributed by atoms with Gasteiger partial charge in [0.2, 0.25) is 0 Å². The van der Waals surface area contributed by atoms with E-state index in [1.54, 1.807) is 14.2 Å². The summed E-state index contributed by atoms with van der Waals surface area (Å²) in [5.74, 6) is 1.32. The summed E-state index contributed by atoms with van der Waals surface area (Å²) in [6, 6.07) is 7.57. The van der Waals surface area contributed by atoms with Gasteiger partial charge in [0.15, 0.2) is 5.96 Å². The average Bonchev–Trinajstić information content (AvgIpc) is 2.49. The first-order chi connectivity index (χ1) is 10.8. The van der Waals surface area contributed by atoms with Gasteiger partial charge in [-0.3, -0.25) is 9.89 Å². The molecule has 0 aliphatic carbocycles. The Morgan fingerprint density at radius 1 is 1.21 bits per heavy atom. The molecule has 138 valence electrons. The summed E-state index contributed by atoms with van der Waals surface area (Å²) in [4.78, 5) is 5.25. The lowest BCUT2D eigenvalue weighted by Gasteiger charge is -2.19. The first-order valence-electron chi connectivity index (χ1n) is 7.17. The molecule has 0 saturated heterocycles. The molecule has 0 saturated carbocycles. The van der Waals surface area contributed by atoms with E-state index in [1.807, 2.05) is 24.3 Å². The van der Waals surface area contributed by atoms with Crippen LogP contribution in [0.25, 0.3) is 0 Å². The van der Waals surface area contributed by atoms with Crippen molar-refractivity contribution in [3.63, 3.8) is 0 Å². The number of benzene rings is 1. The van der Waals surface area contributed by atoms with E-state index in [0.29, 0.717) is 19.0 Å². The number of aliphatic imine (C=N–C) groups is 1. The summed E-state index contributed by atoms with van der Waals surface area (Å²) < 4.78 is 41.7. The van der Waals surface area contributed by atoms with Crippen molar-refractivity contribution in [2.75, 3.05) is 40.8 Å². The summed E-state index contributed by atoms with van der Waals surface area (Å²) in [7, 11) is 4.65. The second-order valence-corrected chi connectivity index (χ2v) is 5.05. The maximum absolute atomic E-state index is 12.2. The first-order valence-corrected chi connectivity index (χ1v) is 7.17. The molecule has 0 aromatic heterocycles. The molecule has 0 atom stereocenters. The molecule has 1 rings (SSSR count). The SMILES string of the molecule is CN=C(NCCN(C)CC(F)(F)F)NCc1ccc(OC)cc1.I. The molecule has 0 amide bonds. The van der Waals surface area contributed by atoms with Crippen LogP contribution < -0.4 is 15.4 Å². The van der Waals surface area contributed by atoms with Crippen molar-refractivity contribution in [1.82, 2.24) is 15.5 Å². The molecule has 1 aromatic rings. The van der Waals surface area contributed by atoms with Crippen LogP contribution >= 0.6 is 24.0 Å². The monoisotopic (exact) mass is 460 g/mol. The Labute approximate surface area is 157 Å². The van der Waals surface area contributed by atoms with Crippen molar-refractivity contribution in [3.05, 3.63) is 29.8 Å². The lowest BCUT2D eigenvalue weighted by molar-refractivity contribution is -0.142. The van der Waals surface area contributed by atoms with Crippen molar-refractivity contribution in [3.8, 4) is 5.75 Å². The Morgan fingerprint density at radius 2 is 1.83 bits per heavy atom. The van der Waals surface area contributed by atoms with E-state index >= 15 is 0 Å². The number of nitrogens with zero attached hydrogens (tertiary/aromatic N) is 2. The van der Waals surface area contributed by atoms with Crippen LogP contribution in [0.3, 0.4) is 0 Å². The van der Waals surface area contributed by atoms with Crippen molar-refractivity contribution in [2.24, 2.45) is 4.99 Å². The Bertz CT molecular complexity index is 494. The zero-order chi connectivity index (χ0) is 17.3. The number of halogens is 4.